The molecule has 4 nitrogen and oxygen atoms in total. The number of hydrogen-bond acceptors (Lipinski definition) is 3. The average molecular weight is 237 g/mol. The summed E-state index contributed by atoms with van der Waals surface area (Å²) in [5, 5.41) is 11.9. The highest BCUT2D eigenvalue weighted by Gasteiger charge is 2.05. The van der Waals surface area contributed by atoms with E-state index in [0.29, 0.717) is 17.9 Å². The molecule has 4 heteroatoms. The first kappa shape index (κ1) is 13.5. The van der Waals surface area contributed by atoms with Crippen molar-refractivity contribution >= 4 is 11.6 Å². The van der Waals surface area contributed by atoms with Gasteiger partial charge in [0.05, 0.1) is 13.7 Å². The SMILES string of the molecule is CCCCC(=O)Nc1cc(CO)cc(OC)c1. The lowest BCUT2D eigenvalue weighted by Crippen LogP contribution is -2.11. The van der Waals surface area contributed by atoms with Crippen molar-refractivity contribution < 1.29 is 14.6 Å². The molecule has 0 aromatic heterocycles. The third-order valence-electron chi connectivity index (χ3n) is 2.43. The van der Waals surface area contributed by atoms with Crippen LogP contribution in [-0.4, -0.2) is 18.1 Å². The Balaban J connectivity index is 2.72. The number of amides is 1. The van der Waals surface area contributed by atoms with Crippen LogP contribution in [-0.2, 0) is 11.4 Å². The third kappa shape index (κ3) is 4.44. The van der Waals surface area contributed by atoms with Gasteiger partial charge in [0.15, 0.2) is 0 Å². The summed E-state index contributed by atoms with van der Waals surface area (Å²) in [6.45, 7) is 1.97. The van der Waals surface area contributed by atoms with E-state index < -0.39 is 0 Å². The minimum Gasteiger partial charge on any atom is -0.497 e. The smallest absolute Gasteiger partial charge is 0.224 e. The summed E-state index contributed by atoms with van der Waals surface area (Å²) in [5.41, 5.74) is 1.38. The largest absolute Gasteiger partial charge is 0.497 e. The number of aliphatic hydroxyl groups excluding tert-OH is 1. The van der Waals surface area contributed by atoms with Gasteiger partial charge in [-0.1, -0.05) is 13.3 Å². The molecule has 0 saturated carbocycles. The second-order valence-electron chi connectivity index (χ2n) is 3.88. The van der Waals surface area contributed by atoms with Crippen LogP contribution in [0.1, 0.15) is 31.7 Å². The van der Waals surface area contributed by atoms with Crippen molar-refractivity contribution in [2.24, 2.45) is 0 Å². The lowest BCUT2D eigenvalue weighted by Gasteiger charge is -2.09. The van der Waals surface area contributed by atoms with Crippen molar-refractivity contribution in [2.75, 3.05) is 12.4 Å². The van der Waals surface area contributed by atoms with Gasteiger partial charge in [0, 0.05) is 18.2 Å². The van der Waals surface area contributed by atoms with Crippen LogP contribution < -0.4 is 10.1 Å². The average Bonchev–Trinajstić information content (AvgIpc) is 2.35. The topological polar surface area (TPSA) is 58.6 Å². The zero-order valence-electron chi connectivity index (χ0n) is 10.3. The molecule has 1 aromatic carbocycles. The predicted octanol–water partition coefficient (Wildman–Crippen LogP) is 2.32. The number of methoxy groups -OCH3 is 1. The van der Waals surface area contributed by atoms with Crippen molar-refractivity contribution in [3.05, 3.63) is 23.8 Å². The second-order valence-corrected chi connectivity index (χ2v) is 3.88. The van der Waals surface area contributed by atoms with Gasteiger partial charge in [0.2, 0.25) is 5.91 Å². The molecule has 2 N–H and O–H groups in total. The maximum Gasteiger partial charge on any atom is 0.224 e. The molecule has 1 rings (SSSR count). The molecule has 0 saturated heterocycles. The van der Waals surface area contributed by atoms with Crippen molar-refractivity contribution in [2.45, 2.75) is 32.8 Å². The second kappa shape index (κ2) is 6.91. The number of hydrogen-bond donors (Lipinski definition) is 2. The van der Waals surface area contributed by atoms with E-state index in [2.05, 4.69) is 5.32 Å². The number of rotatable bonds is 6. The summed E-state index contributed by atoms with van der Waals surface area (Å²) in [6.07, 6.45) is 2.39. The Labute approximate surface area is 102 Å². The molecule has 0 heterocycles. The molecule has 0 aliphatic carbocycles. The third-order valence-corrected chi connectivity index (χ3v) is 2.43. The molecule has 1 aromatic rings. The fraction of sp³-hybridized carbons (Fsp3) is 0.462. The standard InChI is InChI=1S/C13H19NO3/c1-3-4-5-13(16)14-11-6-10(9-15)7-12(8-11)17-2/h6-8,15H,3-5,9H2,1-2H3,(H,14,16). The Kier molecular flexibility index (Phi) is 5.49. The van der Waals surface area contributed by atoms with Gasteiger partial charge >= 0.3 is 0 Å². The Morgan fingerprint density at radius 2 is 2.18 bits per heavy atom. The summed E-state index contributed by atoms with van der Waals surface area (Å²) in [4.78, 5) is 11.6. The molecular formula is C13H19NO3. The molecule has 0 radical (unpaired) electrons. The van der Waals surface area contributed by atoms with E-state index in [0.717, 1.165) is 18.4 Å². The van der Waals surface area contributed by atoms with Crippen LogP contribution in [0, 0.1) is 0 Å². The highest BCUT2D eigenvalue weighted by Crippen LogP contribution is 2.21. The van der Waals surface area contributed by atoms with Gasteiger partial charge in [-0.3, -0.25) is 4.79 Å². The minimum atomic E-state index is -0.0744. The lowest BCUT2D eigenvalue weighted by atomic mass is 10.2. The van der Waals surface area contributed by atoms with Gasteiger partial charge in [0.25, 0.3) is 0 Å². The van der Waals surface area contributed by atoms with E-state index in [1.807, 2.05) is 6.92 Å². The van der Waals surface area contributed by atoms with E-state index in [1.165, 1.54) is 0 Å². The van der Waals surface area contributed by atoms with Gasteiger partial charge in [0.1, 0.15) is 5.75 Å². The molecule has 0 bridgehead atoms. The number of anilines is 1. The summed E-state index contributed by atoms with van der Waals surface area (Å²) in [5.74, 6) is 0.617. The number of unbranched alkanes of at least 4 members (excludes halogenated alkanes) is 1. The molecule has 1 amide bonds. The Morgan fingerprint density at radius 1 is 1.41 bits per heavy atom. The van der Waals surface area contributed by atoms with Crippen molar-refractivity contribution in [3.8, 4) is 5.75 Å². The first-order valence-electron chi connectivity index (χ1n) is 5.78. The molecule has 0 aliphatic heterocycles. The maximum atomic E-state index is 11.6. The summed E-state index contributed by atoms with van der Waals surface area (Å²) < 4.78 is 5.10. The molecule has 0 aliphatic rings. The van der Waals surface area contributed by atoms with Crippen LogP contribution in [0.2, 0.25) is 0 Å². The number of nitrogens with one attached hydrogen (secondary N) is 1. The zero-order chi connectivity index (χ0) is 12.7. The number of benzene rings is 1. The molecular weight excluding hydrogens is 218 g/mol. The van der Waals surface area contributed by atoms with Crippen LogP contribution in [0.15, 0.2) is 18.2 Å². The normalized spacial score (nSPS) is 10.1. The highest BCUT2D eigenvalue weighted by atomic mass is 16.5. The maximum absolute atomic E-state index is 11.6. The van der Waals surface area contributed by atoms with Crippen LogP contribution in [0.4, 0.5) is 5.69 Å². The lowest BCUT2D eigenvalue weighted by molar-refractivity contribution is -0.116. The van der Waals surface area contributed by atoms with Crippen LogP contribution in [0.3, 0.4) is 0 Å². The Morgan fingerprint density at radius 3 is 2.76 bits per heavy atom. The predicted molar refractivity (Wildman–Crippen MR) is 67.1 cm³/mol. The summed E-state index contributed by atoms with van der Waals surface area (Å²) in [7, 11) is 1.55. The minimum absolute atomic E-state index is 0.0102. The molecule has 0 unspecified atom stereocenters. The van der Waals surface area contributed by atoms with E-state index in [-0.39, 0.29) is 12.5 Å². The Bertz CT molecular complexity index is 355. The Hall–Kier alpha value is -1.55. The number of aliphatic hydroxyl groups is 1. The first-order valence-corrected chi connectivity index (χ1v) is 5.78. The fourth-order valence-electron chi connectivity index (χ4n) is 1.50. The number of ether oxygens (including phenoxy) is 1. The van der Waals surface area contributed by atoms with Crippen molar-refractivity contribution in [3.63, 3.8) is 0 Å². The molecule has 0 atom stereocenters. The van der Waals surface area contributed by atoms with Gasteiger partial charge < -0.3 is 15.2 Å². The first-order chi connectivity index (χ1) is 8.19. The van der Waals surface area contributed by atoms with E-state index in [9.17, 15) is 4.79 Å². The summed E-state index contributed by atoms with van der Waals surface area (Å²) in [6, 6.07) is 5.22. The highest BCUT2D eigenvalue weighted by molar-refractivity contribution is 5.90. The zero-order valence-corrected chi connectivity index (χ0v) is 10.3. The fourth-order valence-corrected chi connectivity index (χ4v) is 1.50. The quantitative estimate of drug-likeness (QED) is 0.798. The molecule has 0 spiro atoms. The van der Waals surface area contributed by atoms with Gasteiger partial charge in [-0.05, 0) is 24.1 Å². The van der Waals surface area contributed by atoms with E-state index in [1.54, 1.807) is 25.3 Å². The van der Waals surface area contributed by atoms with Crippen LogP contribution in [0.25, 0.3) is 0 Å². The molecule has 0 fully saturated rings. The number of carbonyl (C=O) groups excluding carboxylic acids is 1. The monoisotopic (exact) mass is 237 g/mol. The van der Waals surface area contributed by atoms with Gasteiger partial charge in [-0.25, -0.2) is 0 Å². The van der Waals surface area contributed by atoms with Crippen LogP contribution >= 0.6 is 0 Å². The number of carbonyl (C=O) groups is 1. The van der Waals surface area contributed by atoms with Gasteiger partial charge in [-0.15, -0.1) is 0 Å². The summed E-state index contributed by atoms with van der Waals surface area (Å²) >= 11 is 0. The van der Waals surface area contributed by atoms with Crippen molar-refractivity contribution in [1.29, 1.82) is 0 Å². The van der Waals surface area contributed by atoms with Crippen LogP contribution in [0.5, 0.6) is 5.75 Å². The molecule has 94 valence electrons. The molecule has 17 heavy (non-hydrogen) atoms. The van der Waals surface area contributed by atoms with E-state index >= 15 is 0 Å². The van der Waals surface area contributed by atoms with Crippen molar-refractivity contribution in [1.82, 2.24) is 0 Å². The van der Waals surface area contributed by atoms with E-state index in [4.69, 9.17) is 9.84 Å². The van der Waals surface area contributed by atoms with Gasteiger partial charge in [-0.2, -0.15) is 0 Å².